The van der Waals surface area contributed by atoms with Gasteiger partial charge in [0.15, 0.2) is 0 Å². The van der Waals surface area contributed by atoms with Crippen LogP contribution in [0.4, 0.5) is 0 Å². The fourth-order valence-electron chi connectivity index (χ4n) is 1.26. The molecule has 0 amide bonds. The highest BCUT2D eigenvalue weighted by molar-refractivity contribution is 6.84. The number of hydrogen-bond donors (Lipinski definition) is 0. The van der Waals surface area contributed by atoms with Crippen LogP contribution in [0.3, 0.4) is 0 Å². The van der Waals surface area contributed by atoms with Crippen LogP contribution in [0, 0.1) is 0 Å². The lowest BCUT2D eigenvalue weighted by molar-refractivity contribution is 1.35. The van der Waals surface area contributed by atoms with E-state index in [9.17, 15) is 0 Å². The molecule has 2 heteroatoms. The van der Waals surface area contributed by atoms with Crippen molar-refractivity contribution in [1.29, 1.82) is 0 Å². The lowest BCUT2D eigenvalue weighted by Crippen LogP contribution is -2.35. The van der Waals surface area contributed by atoms with Gasteiger partial charge in [0, 0.05) is 5.00 Å². The molecule has 1 aromatic carbocycles. The molecule has 0 bridgehead atoms. The molecule has 2 atom stereocenters. The number of benzene rings is 1. The van der Waals surface area contributed by atoms with Crippen LogP contribution >= 0.6 is 11.6 Å². The number of hydrogen-bond acceptors (Lipinski definition) is 0. The Kier molecular flexibility index (Phi) is 3.57. The summed E-state index contributed by atoms with van der Waals surface area (Å²) in [6, 6.07) is 10.4. The van der Waals surface area contributed by atoms with E-state index in [1.807, 2.05) is 18.7 Å². The predicted octanol–water partition coefficient (Wildman–Crippen LogP) is 2.01. The van der Waals surface area contributed by atoms with E-state index < -0.39 is 8.80 Å². The molecule has 2 unspecified atom stereocenters. The molecule has 1 rings (SSSR count). The van der Waals surface area contributed by atoms with Crippen LogP contribution in [0.2, 0.25) is 0 Å². The van der Waals surface area contributed by atoms with Crippen LogP contribution < -0.4 is 5.19 Å². The van der Waals surface area contributed by atoms with Gasteiger partial charge in [0.2, 0.25) is 0 Å². The smallest absolute Gasteiger partial charge is 0.112 e. The summed E-state index contributed by atoms with van der Waals surface area (Å²) in [7, 11) is -1.12. The zero-order valence-electron chi connectivity index (χ0n) is 7.20. The van der Waals surface area contributed by atoms with Crippen molar-refractivity contribution >= 4 is 25.6 Å². The largest absolute Gasteiger partial charge is 0.126 e. The van der Waals surface area contributed by atoms with E-state index in [1.165, 1.54) is 5.19 Å². The molecular weight excluding hydrogens is 184 g/mol. The van der Waals surface area contributed by atoms with Crippen molar-refractivity contribution in [3.8, 4) is 0 Å². The van der Waals surface area contributed by atoms with Crippen molar-refractivity contribution < 1.29 is 0 Å². The number of alkyl halides is 1. The standard InChI is InChI=1S/C10H13ClSi/c1-3-12(9(2)11)10-7-5-4-6-8-10/h3-9,12H,1H2,2H3. The van der Waals surface area contributed by atoms with Crippen molar-refractivity contribution in [1.82, 2.24) is 0 Å². The second kappa shape index (κ2) is 4.48. The van der Waals surface area contributed by atoms with Gasteiger partial charge in [-0.25, -0.2) is 0 Å². The lowest BCUT2D eigenvalue weighted by atomic mass is 10.4. The van der Waals surface area contributed by atoms with Gasteiger partial charge < -0.3 is 0 Å². The summed E-state index contributed by atoms with van der Waals surface area (Å²) in [5, 5.41) is 1.61. The Balaban J connectivity index is 2.88. The normalized spacial score (nSPS) is 15.2. The van der Waals surface area contributed by atoms with Crippen molar-refractivity contribution in [2.24, 2.45) is 0 Å². The van der Waals surface area contributed by atoms with Gasteiger partial charge in [0.25, 0.3) is 0 Å². The van der Waals surface area contributed by atoms with E-state index in [1.54, 1.807) is 0 Å². The molecule has 1 aromatic rings. The zero-order valence-corrected chi connectivity index (χ0v) is 9.11. The topological polar surface area (TPSA) is 0 Å². The molecule has 0 radical (unpaired) electrons. The fraction of sp³-hybridized carbons (Fsp3) is 0.200. The summed E-state index contributed by atoms with van der Waals surface area (Å²) >= 11 is 6.07. The summed E-state index contributed by atoms with van der Waals surface area (Å²) < 4.78 is 0. The highest BCUT2D eigenvalue weighted by atomic mass is 35.5. The SMILES string of the molecule is C=C[SiH](c1ccccc1)C(C)Cl. The monoisotopic (exact) mass is 196 g/mol. The molecule has 0 spiro atoms. The summed E-state index contributed by atoms with van der Waals surface area (Å²) in [4.78, 5) is 0. The van der Waals surface area contributed by atoms with Crippen LogP contribution in [-0.2, 0) is 0 Å². The molecule has 0 aromatic heterocycles. The van der Waals surface area contributed by atoms with Crippen LogP contribution in [0.15, 0.2) is 42.6 Å². The first-order valence-corrected chi connectivity index (χ1v) is 6.42. The van der Waals surface area contributed by atoms with Crippen LogP contribution in [0.25, 0.3) is 0 Å². The molecular formula is C10H13ClSi. The molecule has 0 saturated heterocycles. The first-order chi connectivity index (χ1) is 5.75. The summed E-state index contributed by atoms with van der Waals surface area (Å²) in [5.41, 5.74) is 2.03. The van der Waals surface area contributed by atoms with Crippen molar-refractivity contribution in [3.05, 3.63) is 42.6 Å². The van der Waals surface area contributed by atoms with Gasteiger partial charge in [-0.2, -0.15) is 0 Å². The Hall–Kier alpha value is -0.533. The van der Waals surface area contributed by atoms with E-state index >= 15 is 0 Å². The van der Waals surface area contributed by atoms with E-state index in [0.717, 1.165) is 0 Å². The third-order valence-corrected chi connectivity index (χ3v) is 5.40. The molecule has 0 aliphatic carbocycles. The van der Waals surface area contributed by atoms with Crippen molar-refractivity contribution in [3.63, 3.8) is 0 Å². The first kappa shape index (κ1) is 9.55. The molecule has 0 aliphatic heterocycles. The highest BCUT2D eigenvalue weighted by Crippen LogP contribution is 2.01. The number of rotatable bonds is 3. The Morgan fingerprint density at radius 3 is 2.42 bits per heavy atom. The molecule has 0 aliphatic rings. The van der Waals surface area contributed by atoms with Crippen molar-refractivity contribution in [2.45, 2.75) is 11.9 Å². The van der Waals surface area contributed by atoms with Gasteiger partial charge in [-0.15, -0.1) is 18.2 Å². The first-order valence-electron chi connectivity index (χ1n) is 4.07. The minimum Gasteiger partial charge on any atom is -0.126 e. The average Bonchev–Trinajstić information content (AvgIpc) is 2.07. The van der Waals surface area contributed by atoms with Crippen LogP contribution in [0.5, 0.6) is 0 Å². The maximum atomic E-state index is 6.07. The van der Waals surface area contributed by atoms with E-state index in [0.29, 0.717) is 0 Å². The zero-order chi connectivity index (χ0) is 8.97. The fourth-order valence-corrected chi connectivity index (χ4v) is 3.85. The molecule has 64 valence electrons. The van der Waals surface area contributed by atoms with Crippen molar-refractivity contribution in [2.75, 3.05) is 0 Å². The van der Waals surface area contributed by atoms with Gasteiger partial charge in [-0.05, 0) is 0 Å². The van der Waals surface area contributed by atoms with E-state index in [4.69, 9.17) is 11.6 Å². The minimum absolute atomic E-state index is 0.241. The summed E-state index contributed by atoms with van der Waals surface area (Å²) in [6.45, 7) is 5.88. The Bertz CT molecular complexity index is 243. The highest BCUT2D eigenvalue weighted by Gasteiger charge is 2.14. The lowest BCUT2D eigenvalue weighted by Gasteiger charge is -2.12. The Labute approximate surface area is 80.5 Å². The minimum atomic E-state index is -1.12. The maximum absolute atomic E-state index is 6.07. The van der Waals surface area contributed by atoms with E-state index in [2.05, 4.69) is 30.8 Å². The number of halogens is 1. The maximum Gasteiger partial charge on any atom is 0.112 e. The quantitative estimate of drug-likeness (QED) is 0.513. The molecule has 0 heterocycles. The molecule has 0 saturated carbocycles. The molecule has 0 N–H and O–H groups in total. The van der Waals surface area contributed by atoms with Gasteiger partial charge in [-0.1, -0.05) is 48.1 Å². The van der Waals surface area contributed by atoms with Gasteiger partial charge in [0.1, 0.15) is 8.80 Å². The third-order valence-electron chi connectivity index (χ3n) is 1.93. The molecule has 0 nitrogen and oxygen atoms in total. The van der Waals surface area contributed by atoms with Gasteiger partial charge in [-0.3, -0.25) is 0 Å². The summed E-state index contributed by atoms with van der Waals surface area (Å²) in [6.07, 6.45) is 0. The average molecular weight is 197 g/mol. The summed E-state index contributed by atoms with van der Waals surface area (Å²) in [5.74, 6) is 0. The van der Waals surface area contributed by atoms with Crippen LogP contribution in [-0.4, -0.2) is 13.8 Å². The molecule has 0 fully saturated rings. The van der Waals surface area contributed by atoms with E-state index in [-0.39, 0.29) is 5.00 Å². The van der Waals surface area contributed by atoms with Gasteiger partial charge in [0.05, 0.1) is 0 Å². The Morgan fingerprint density at radius 1 is 1.42 bits per heavy atom. The Morgan fingerprint density at radius 2 is 2.00 bits per heavy atom. The predicted molar refractivity (Wildman–Crippen MR) is 58.7 cm³/mol. The van der Waals surface area contributed by atoms with Crippen LogP contribution in [0.1, 0.15) is 6.92 Å². The second-order valence-electron chi connectivity index (χ2n) is 2.85. The van der Waals surface area contributed by atoms with Gasteiger partial charge >= 0.3 is 0 Å². The second-order valence-corrected chi connectivity index (χ2v) is 7.15. The molecule has 12 heavy (non-hydrogen) atoms. The third kappa shape index (κ3) is 2.22.